The standard InChI is InChI=1S/C8H17NO3S/c1-8(10,13(9,11)12)7-5-3-2-4-6-7/h7,10H,2-6H2,1H3,(H2,9,11,12). The van der Waals surface area contributed by atoms with Crippen LogP contribution in [0.25, 0.3) is 0 Å². The topological polar surface area (TPSA) is 80.4 Å². The molecule has 0 spiro atoms. The van der Waals surface area contributed by atoms with Gasteiger partial charge < -0.3 is 5.11 Å². The van der Waals surface area contributed by atoms with E-state index in [0.29, 0.717) is 0 Å². The predicted molar refractivity (Wildman–Crippen MR) is 50.3 cm³/mol. The van der Waals surface area contributed by atoms with Crippen molar-refractivity contribution in [2.24, 2.45) is 11.1 Å². The zero-order valence-electron chi connectivity index (χ0n) is 7.86. The molecule has 78 valence electrons. The summed E-state index contributed by atoms with van der Waals surface area (Å²) in [5.74, 6) is -0.198. The first-order chi connectivity index (χ1) is 5.86. The Labute approximate surface area is 79.2 Å². The Kier molecular flexibility index (Phi) is 2.99. The van der Waals surface area contributed by atoms with Crippen molar-refractivity contribution in [1.29, 1.82) is 0 Å². The van der Waals surface area contributed by atoms with E-state index >= 15 is 0 Å². The first-order valence-corrected chi connectivity index (χ1v) is 6.15. The van der Waals surface area contributed by atoms with E-state index < -0.39 is 15.0 Å². The summed E-state index contributed by atoms with van der Waals surface area (Å²) in [7, 11) is -3.85. The van der Waals surface area contributed by atoms with Crippen LogP contribution < -0.4 is 5.14 Å². The van der Waals surface area contributed by atoms with Crippen molar-refractivity contribution in [2.75, 3.05) is 0 Å². The van der Waals surface area contributed by atoms with Crippen molar-refractivity contribution in [2.45, 2.75) is 44.0 Å². The fraction of sp³-hybridized carbons (Fsp3) is 1.00. The van der Waals surface area contributed by atoms with Gasteiger partial charge in [0.1, 0.15) is 0 Å². The lowest BCUT2D eigenvalue weighted by Crippen LogP contribution is -2.47. The Morgan fingerprint density at radius 3 is 2.15 bits per heavy atom. The normalized spacial score (nSPS) is 25.5. The van der Waals surface area contributed by atoms with Crippen molar-refractivity contribution in [3.05, 3.63) is 0 Å². The molecule has 1 rings (SSSR count). The maximum atomic E-state index is 11.1. The van der Waals surface area contributed by atoms with Crippen LogP contribution in [0.3, 0.4) is 0 Å². The molecule has 0 aromatic carbocycles. The van der Waals surface area contributed by atoms with Gasteiger partial charge in [-0.2, -0.15) is 0 Å². The summed E-state index contributed by atoms with van der Waals surface area (Å²) in [5, 5.41) is 14.7. The molecule has 1 atom stereocenters. The number of nitrogens with two attached hydrogens (primary N) is 1. The number of aliphatic hydroxyl groups is 1. The fourth-order valence-corrected chi connectivity index (χ4v) is 2.57. The van der Waals surface area contributed by atoms with E-state index in [0.717, 1.165) is 32.1 Å². The lowest BCUT2D eigenvalue weighted by atomic mass is 9.85. The van der Waals surface area contributed by atoms with Crippen LogP contribution in [0.2, 0.25) is 0 Å². The van der Waals surface area contributed by atoms with Gasteiger partial charge in [-0.05, 0) is 19.8 Å². The van der Waals surface area contributed by atoms with E-state index in [9.17, 15) is 13.5 Å². The Hall–Kier alpha value is -0.130. The Morgan fingerprint density at radius 2 is 1.77 bits per heavy atom. The van der Waals surface area contributed by atoms with Crippen LogP contribution in [-0.4, -0.2) is 18.5 Å². The van der Waals surface area contributed by atoms with Crippen LogP contribution >= 0.6 is 0 Å². The van der Waals surface area contributed by atoms with Gasteiger partial charge in [0.25, 0.3) is 0 Å². The lowest BCUT2D eigenvalue weighted by Gasteiger charge is -2.33. The van der Waals surface area contributed by atoms with Crippen LogP contribution in [0.5, 0.6) is 0 Å². The summed E-state index contributed by atoms with van der Waals surface area (Å²) in [4.78, 5) is -1.74. The highest BCUT2D eigenvalue weighted by Gasteiger charge is 2.42. The maximum absolute atomic E-state index is 11.1. The molecular formula is C8H17NO3S. The molecule has 1 aliphatic carbocycles. The van der Waals surface area contributed by atoms with Gasteiger partial charge in [-0.25, -0.2) is 13.6 Å². The second-order valence-electron chi connectivity index (χ2n) is 3.93. The zero-order valence-corrected chi connectivity index (χ0v) is 8.68. The first-order valence-electron chi connectivity index (χ1n) is 4.60. The second-order valence-corrected chi connectivity index (χ2v) is 5.85. The molecular weight excluding hydrogens is 190 g/mol. The average Bonchev–Trinajstić information content (AvgIpc) is 2.04. The van der Waals surface area contributed by atoms with E-state index in [-0.39, 0.29) is 5.92 Å². The quantitative estimate of drug-likeness (QED) is 0.694. The molecule has 0 radical (unpaired) electrons. The first kappa shape index (κ1) is 10.9. The van der Waals surface area contributed by atoms with Gasteiger partial charge >= 0.3 is 0 Å². The van der Waals surface area contributed by atoms with Gasteiger partial charge in [0, 0.05) is 5.92 Å². The van der Waals surface area contributed by atoms with Crippen LogP contribution in [0.4, 0.5) is 0 Å². The Balaban J connectivity index is 2.79. The van der Waals surface area contributed by atoms with Gasteiger partial charge in [-0.15, -0.1) is 0 Å². The second kappa shape index (κ2) is 3.55. The van der Waals surface area contributed by atoms with Gasteiger partial charge in [-0.3, -0.25) is 0 Å². The summed E-state index contributed by atoms with van der Waals surface area (Å²) in [5.41, 5.74) is 0. The van der Waals surface area contributed by atoms with Crippen LogP contribution in [-0.2, 0) is 10.0 Å². The Bertz CT molecular complexity index is 265. The molecule has 1 aliphatic rings. The highest BCUT2D eigenvalue weighted by atomic mass is 32.2. The molecule has 0 aliphatic heterocycles. The van der Waals surface area contributed by atoms with Gasteiger partial charge in [0.05, 0.1) is 0 Å². The molecule has 0 saturated heterocycles. The predicted octanol–water partition coefficient (Wildman–Crippen LogP) is 0.564. The smallest absolute Gasteiger partial charge is 0.238 e. The molecule has 0 heterocycles. The van der Waals surface area contributed by atoms with Crippen LogP contribution in [0, 0.1) is 5.92 Å². The molecule has 1 fully saturated rings. The molecule has 0 amide bonds. The third-order valence-electron chi connectivity index (χ3n) is 2.94. The molecule has 5 heteroatoms. The molecule has 0 aromatic rings. The molecule has 3 N–H and O–H groups in total. The van der Waals surface area contributed by atoms with E-state index in [4.69, 9.17) is 5.14 Å². The summed E-state index contributed by atoms with van der Waals surface area (Å²) in [6.07, 6.45) is 4.59. The van der Waals surface area contributed by atoms with Gasteiger partial charge in [0.15, 0.2) is 4.93 Å². The van der Waals surface area contributed by atoms with E-state index in [1.54, 1.807) is 0 Å². The minimum atomic E-state index is -3.85. The largest absolute Gasteiger partial charge is 0.373 e. The zero-order chi connectivity index (χ0) is 10.1. The van der Waals surface area contributed by atoms with Crippen LogP contribution in [0.1, 0.15) is 39.0 Å². The molecule has 4 nitrogen and oxygen atoms in total. The highest BCUT2D eigenvalue weighted by molar-refractivity contribution is 7.90. The summed E-state index contributed by atoms with van der Waals surface area (Å²) in [6, 6.07) is 0. The fourth-order valence-electron chi connectivity index (χ4n) is 1.87. The molecule has 1 unspecified atom stereocenters. The van der Waals surface area contributed by atoms with Crippen molar-refractivity contribution in [3.8, 4) is 0 Å². The highest BCUT2D eigenvalue weighted by Crippen LogP contribution is 2.34. The van der Waals surface area contributed by atoms with Crippen molar-refractivity contribution < 1.29 is 13.5 Å². The number of hydrogen-bond acceptors (Lipinski definition) is 3. The number of sulfonamides is 1. The van der Waals surface area contributed by atoms with Crippen molar-refractivity contribution in [1.82, 2.24) is 0 Å². The van der Waals surface area contributed by atoms with Crippen molar-refractivity contribution in [3.63, 3.8) is 0 Å². The minimum Gasteiger partial charge on any atom is -0.373 e. The third-order valence-corrected chi connectivity index (χ3v) is 4.42. The number of rotatable bonds is 2. The van der Waals surface area contributed by atoms with E-state index in [2.05, 4.69) is 0 Å². The summed E-state index contributed by atoms with van der Waals surface area (Å²) < 4.78 is 22.2. The SMILES string of the molecule is CC(O)(C1CCCCC1)S(N)(=O)=O. The molecule has 0 aromatic heterocycles. The summed E-state index contributed by atoms with van der Waals surface area (Å²) >= 11 is 0. The molecule has 0 bridgehead atoms. The molecule has 13 heavy (non-hydrogen) atoms. The molecule has 1 saturated carbocycles. The van der Waals surface area contributed by atoms with E-state index in [1.165, 1.54) is 6.92 Å². The minimum absolute atomic E-state index is 0.198. The average molecular weight is 207 g/mol. The lowest BCUT2D eigenvalue weighted by molar-refractivity contribution is 0.0578. The van der Waals surface area contributed by atoms with Gasteiger partial charge in [0.2, 0.25) is 10.0 Å². The van der Waals surface area contributed by atoms with Crippen molar-refractivity contribution >= 4 is 10.0 Å². The van der Waals surface area contributed by atoms with Gasteiger partial charge in [-0.1, -0.05) is 19.3 Å². The Morgan fingerprint density at radius 1 is 1.31 bits per heavy atom. The maximum Gasteiger partial charge on any atom is 0.238 e. The summed E-state index contributed by atoms with van der Waals surface area (Å²) in [6.45, 7) is 1.30. The monoisotopic (exact) mass is 207 g/mol. The third kappa shape index (κ3) is 2.21. The van der Waals surface area contributed by atoms with Crippen LogP contribution in [0.15, 0.2) is 0 Å². The number of hydrogen-bond donors (Lipinski definition) is 2. The number of primary sulfonamides is 1. The van der Waals surface area contributed by atoms with E-state index in [1.807, 2.05) is 0 Å².